The highest BCUT2D eigenvalue weighted by molar-refractivity contribution is 7.99. The number of nitrogens with zero attached hydrogens (tertiary/aromatic N) is 2. The molecule has 1 aliphatic carbocycles. The van der Waals surface area contributed by atoms with Gasteiger partial charge in [-0.05, 0) is 38.3 Å². The number of aryl methyl sites for hydroxylation is 1. The van der Waals surface area contributed by atoms with E-state index in [4.69, 9.17) is 0 Å². The van der Waals surface area contributed by atoms with Crippen LogP contribution in [0, 0.1) is 6.92 Å². The van der Waals surface area contributed by atoms with Crippen LogP contribution >= 0.6 is 11.8 Å². The summed E-state index contributed by atoms with van der Waals surface area (Å²) in [6.45, 7) is 5.39. The molecule has 3 nitrogen and oxygen atoms in total. The Morgan fingerprint density at radius 1 is 1.21 bits per heavy atom. The standard InChI is InChI=1S/C15H25N3S/c1-3-9-16-13-7-5-4-6-8-14(13)19-15-17-10-12(2)11-18-15/h10-11,13-14,16H,3-9H2,1-2H3. The molecule has 1 aromatic rings. The summed E-state index contributed by atoms with van der Waals surface area (Å²) in [6.07, 6.45) is 11.7. The zero-order valence-electron chi connectivity index (χ0n) is 12.1. The third kappa shape index (κ3) is 4.77. The van der Waals surface area contributed by atoms with Crippen LogP contribution in [0.4, 0.5) is 0 Å². The lowest BCUT2D eigenvalue weighted by Crippen LogP contribution is -2.38. The van der Waals surface area contributed by atoms with Crippen molar-refractivity contribution in [1.82, 2.24) is 15.3 Å². The third-order valence-corrected chi connectivity index (χ3v) is 4.91. The Morgan fingerprint density at radius 3 is 2.68 bits per heavy atom. The average Bonchev–Trinajstić information content (AvgIpc) is 2.64. The van der Waals surface area contributed by atoms with Gasteiger partial charge in [0.1, 0.15) is 0 Å². The quantitative estimate of drug-likeness (QED) is 0.660. The van der Waals surface area contributed by atoms with Crippen LogP contribution in [0.25, 0.3) is 0 Å². The van der Waals surface area contributed by atoms with Crippen LogP contribution in [0.2, 0.25) is 0 Å². The molecule has 2 atom stereocenters. The lowest BCUT2D eigenvalue weighted by molar-refractivity contribution is 0.469. The predicted octanol–water partition coefficient (Wildman–Crippen LogP) is 3.58. The molecule has 1 N–H and O–H groups in total. The number of hydrogen-bond donors (Lipinski definition) is 1. The summed E-state index contributed by atoms with van der Waals surface area (Å²) in [7, 11) is 0. The topological polar surface area (TPSA) is 37.8 Å². The molecule has 2 rings (SSSR count). The molecule has 1 aliphatic rings. The Kier molecular flexibility index (Phi) is 6.11. The van der Waals surface area contributed by atoms with E-state index in [0.717, 1.165) is 17.3 Å². The maximum absolute atomic E-state index is 4.44. The molecular formula is C15H25N3S. The largest absolute Gasteiger partial charge is 0.313 e. The highest BCUT2D eigenvalue weighted by Gasteiger charge is 2.24. The summed E-state index contributed by atoms with van der Waals surface area (Å²) >= 11 is 1.86. The first-order valence-corrected chi connectivity index (χ1v) is 8.36. The van der Waals surface area contributed by atoms with E-state index in [0.29, 0.717) is 11.3 Å². The van der Waals surface area contributed by atoms with Crippen molar-refractivity contribution < 1.29 is 0 Å². The van der Waals surface area contributed by atoms with E-state index >= 15 is 0 Å². The Morgan fingerprint density at radius 2 is 1.95 bits per heavy atom. The molecule has 1 heterocycles. The monoisotopic (exact) mass is 279 g/mol. The van der Waals surface area contributed by atoms with E-state index in [-0.39, 0.29) is 0 Å². The van der Waals surface area contributed by atoms with Crippen molar-refractivity contribution in [1.29, 1.82) is 0 Å². The van der Waals surface area contributed by atoms with Crippen molar-refractivity contribution in [3.05, 3.63) is 18.0 Å². The number of thioether (sulfide) groups is 1. The van der Waals surface area contributed by atoms with Gasteiger partial charge in [0, 0.05) is 23.7 Å². The molecule has 2 unspecified atom stereocenters. The second-order valence-corrected chi connectivity index (χ2v) is 6.60. The Hall–Kier alpha value is -0.610. The van der Waals surface area contributed by atoms with Gasteiger partial charge in [-0.3, -0.25) is 0 Å². The third-order valence-electron chi connectivity index (χ3n) is 3.62. The molecule has 19 heavy (non-hydrogen) atoms. The maximum atomic E-state index is 4.44. The molecule has 0 spiro atoms. The van der Waals surface area contributed by atoms with E-state index in [1.54, 1.807) is 0 Å². The van der Waals surface area contributed by atoms with Gasteiger partial charge < -0.3 is 5.32 Å². The minimum absolute atomic E-state index is 0.622. The molecule has 1 aromatic heterocycles. The van der Waals surface area contributed by atoms with Gasteiger partial charge in [0.15, 0.2) is 5.16 Å². The van der Waals surface area contributed by atoms with Gasteiger partial charge in [-0.1, -0.05) is 37.9 Å². The highest BCUT2D eigenvalue weighted by Crippen LogP contribution is 2.31. The average molecular weight is 279 g/mol. The number of aromatic nitrogens is 2. The molecule has 0 bridgehead atoms. The van der Waals surface area contributed by atoms with Gasteiger partial charge in [-0.2, -0.15) is 0 Å². The van der Waals surface area contributed by atoms with Crippen molar-refractivity contribution in [3.8, 4) is 0 Å². The zero-order chi connectivity index (χ0) is 13.5. The summed E-state index contributed by atoms with van der Waals surface area (Å²) in [4.78, 5) is 8.88. The van der Waals surface area contributed by atoms with Crippen molar-refractivity contribution in [2.24, 2.45) is 0 Å². The molecule has 0 amide bonds. The van der Waals surface area contributed by atoms with Crippen LogP contribution < -0.4 is 5.32 Å². The fourth-order valence-corrected chi connectivity index (χ4v) is 3.73. The molecule has 0 aromatic carbocycles. The van der Waals surface area contributed by atoms with Crippen molar-refractivity contribution in [2.45, 2.75) is 68.8 Å². The summed E-state index contributed by atoms with van der Waals surface area (Å²) in [5.41, 5.74) is 1.13. The van der Waals surface area contributed by atoms with Crippen molar-refractivity contribution >= 4 is 11.8 Å². The predicted molar refractivity (Wildman–Crippen MR) is 81.6 cm³/mol. The van der Waals surface area contributed by atoms with Crippen molar-refractivity contribution in [3.63, 3.8) is 0 Å². The van der Waals surface area contributed by atoms with E-state index in [2.05, 4.69) is 22.2 Å². The van der Waals surface area contributed by atoms with Crippen LogP contribution in [-0.4, -0.2) is 27.8 Å². The Labute approximate surface area is 121 Å². The Bertz CT molecular complexity index is 366. The summed E-state index contributed by atoms with van der Waals surface area (Å²) in [6, 6.07) is 0.623. The first-order valence-electron chi connectivity index (χ1n) is 7.48. The number of rotatable bonds is 5. The molecule has 0 saturated heterocycles. The lowest BCUT2D eigenvalue weighted by atomic mass is 10.1. The molecule has 1 saturated carbocycles. The van der Waals surface area contributed by atoms with Gasteiger partial charge in [0.2, 0.25) is 0 Å². The maximum Gasteiger partial charge on any atom is 0.187 e. The molecular weight excluding hydrogens is 254 g/mol. The second-order valence-electron chi connectivity index (χ2n) is 5.40. The minimum atomic E-state index is 0.622. The van der Waals surface area contributed by atoms with Gasteiger partial charge in [-0.15, -0.1) is 0 Å². The Balaban J connectivity index is 1.98. The molecule has 0 radical (unpaired) electrons. The number of nitrogens with one attached hydrogen (secondary N) is 1. The van der Waals surface area contributed by atoms with E-state index in [1.807, 2.05) is 31.1 Å². The number of hydrogen-bond acceptors (Lipinski definition) is 4. The van der Waals surface area contributed by atoms with E-state index < -0.39 is 0 Å². The SMILES string of the molecule is CCCNC1CCCCCC1Sc1ncc(C)cn1. The van der Waals surface area contributed by atoms with Gasteiger partial charge in [-0.25, -0.2) is 9.97 Å². The van der Waals surface area contributed by atoms with Crippen LogP contribution in [0.1, 0.15) is 51.0 Å². The van der Waals surface area contributed by atoms with Gasteiger partial charge in [0.25, 0.3) is 0 Å². The smallest absolute Gasteiger partial charge is 0.187 e. The van der Waals surface area contributed by atoms with Crippen LogP contribution in [-0.2, 0) is 0 Å². The summed E-state index contributed by atoms with van der Waals surface area (Å²) in [5.74, 6) is 0. The summed E-state index contributed by atoms with van der Waals surface area (Å²) < 4.78 is 0. The summed E-state index contributed by atoms with van der Waals surface area (Å²) in [5, 5.41) is 5.27. The fraction of sp³-hybridized carbons (Fsp3) is 0.733. The fourth-order valence-electron chi connectivity index (χ4n) is 2.55. The molecule has 4 heteroatoms. The molecule has 0 aliphatic heterocycles. The second kappa shape index (κ2) is 7.85. The highest BCUT2D eigenvalue weighted by atomic mass is 32.2. The molecule has 106 valence electrons. The normalized spacial score (nSPS) is 24.1. The minimum Gasteiger partial charge on any atom is -0.313 e. The zero-order valence-corrected chi connectivity index (χ0v) is 12.9. The van der Waals surface area contributed by atoms with Crippen molar-refractivity contribution in [2.75, 3.05) is 6.54 Å². The van der Waals surface area contributed by atoms with E-state index in [9.17, 15) is 0 Å². The van der Waals surface area contributed by atoms with Crippen LogP contribution in [0.15, 0.2) is 17.6 Å². The molecule has 1 fully saturated rings. The first kappa shape index (κ1) is 14.8. The van der Waals surface area contributed by atoms with E-state index in [1.165, 1.54) is 38.5 Å². The van der Waals surface area contributed by atoms with Crippen LogP contribution in [0.5, 0.6) is 0 Å². The first-order chi connectivity index (χ1) is 9.29. The lowest BCUT2D eigenvalue weighted by Gasteiger charge is -2.25. The van der Waals surface area contributed by atoms with Gasteiger partial charge in [0.05, 0.1) is 0 Å². The van der Waals surface area contributed by atoms with Gasteiger partial charge >= 0.3 is 0 Å². The van der Waals surface area contributed by atoms with Crippen LogP contribution in [0.3, 0.4) is 0 Å².